The van der Waals surface area contributed by atoms with E-state index < -0.39 is 10.0 Å². The highest BCUT2D eigenvalue weighted by Crippen LogP contribution is 2.25. The first-order valence-corrected chi connectivity index (χ1v) is 12.3. The number of rotatable bonds is 9. The summed E-state index contributed by atoms with van der Waals surface area (Å²) in [6, 6.07) is 22.5. The third-order valence-electron chi connectivity index (χ3n) is 4.61. The maximum atomic E-state index is 13.2. The van der Waals surface area contributed by atoms with Crippen LogP contribution in [0.3, 0.4) is 0 Å². The highest BCUT2D eigenvalue weighted by Gasteiger charge is 2.26. The third kappa shape index (κ3) is 6.56. The third-order valence-corrected chi connectivity index (χ3v) is 7.18. The minimum atomic E-state index is -3.90. The molecule has 0 bridgehead atoms. The van der Waals surface area contributed by atoms with Crippen molar-refractivity contribution in [3.63, 3.8) is 0 Å². The zero-order chi connectivity index (χ0) is 22.3. The van der Waals surface area contributed by atoms with Gasteiger partial charge in [0.1, 0.15) is 6.54 Å². The van der Waals surface area contributed by atoms with Crippen molar-refractivity contribution in [1.29, 1.82) is 0 Å². The number of carbonyl (C=O) groups excluding carboxylic acids is 1. The van der Waals surface area contributed by atoms with E-state index >= 15 is 0 Å². The van der Waals surface area contributed by atoms with E-state index in [4.69, 9.17) is 11.6 Å². The van der Waals surface area contributed by atoms with E-state index in [1.54, 1.807) is 42.5 Å². The van der Waals surface area contributed by atoms with Gasteiger partial charge in [-0.3, -0.25) is 9.10 Å². The Kier molecular flexibility index (Phi) is 8.12. The highest BCUT2D eigenvalue weighted by molar-refractivity contribution is 9.10. The lowest BCUT2D eigenvalue weighted by atomic mass is 10.1. The van der Waals surface area contributed by atoms with Crippen LogP contribution >= 0.6 is 27.5 Å². The van der Waals surface area contributed by atoms with Gasteiger partial charge in [0.05, 0.1) is 10.6 Å². The van der Waals surface area contributed by atoms with Crippen LogP contribution in [0.4, 0.5) is 5.69 Å². The number of nitrogens with zero attached hydrogens (tertiary/aromatic N) is 1. The van der Waals surface area contributed by atoms with Crippen molar-refractivity contribution in [3.05, 3.63) is 93.9 Å². The average Bonchev–Trinajstić information content (AvgIpc) is 2.77. The molecule has 5 nitrogen and oxygen atoms in total. The normalized spacial score (nSPS) is 11.2. The molecule has 0 atom stereocenters. The molecule has 0 saturated heterocycles. The van der Waals surface area contributed by atoms with Crippen molar-refractivity contribution in [3.8, 4) is 0 Å². The van der Waals surface area contributed by atoms with Gasteiger partial charge >= 0.3 is 0 Å². The number of nitrogens with one attached hydrogen (secondary N) is 1. The number of carbonyl (C=O) groups is 1. The van der Waals surface area contributed by atoms with Crippen molar-refractivity contribution in [2.24, 2.45) is 0 Å². The van der Waals surface area contributed by atoms with Gasteiger partial charge in [-0.05, 0) is 66.9 Å². The molecule has 0 aliphatic heterocycles. The SMILES string of the molecule is O=C(CN(c1ccc(Br)cc1)S(=O)(=O)c1ccccc1)NCCCc1ccc(Cl)cc1. The highest BCUT2D eigenvalue weighted by atomic mass is 79.9. The van der Waals surface area contributed by atoms with Crippen LogP contribution in [0.5, 0.6) is 0 Å². The number of anilines is 1. The number of sulfonamides is 1. The van der Waals surface area contributed by atoms with Gasteiger partial charge in [-0.25, -0.2) is 8.42 Å². The van der Waals surface area contributed by atoms with Gasteiger partial charge in [-0.2, -0.15) is 0 Å². The Bertz CT molecular complexity index is 1110. The van der Waals surface area contributed by atoms with Gasteiger partial charge < -0.3 is 5.32 Å². The first-order valence-electron chi connectivity index (χ1n) is 9.71. The minimum absolute atomic E-state index is 0.133. The van der Waals surface area contributed by atoms with Crippen LogP contribution in [0.25, 0.3) is 0 Å². The van der Waals surface area contributed by atoms with Crippen molar-refractivity contribution < 1.29 is 13.2 Å². The van der Waals surface area contributed by atoms with E-state index in [0.717, 1.165) is 27.2 Å². The van der Waals surface area contributed by atoms with E-state index in [1.807, 2.05) is 24.3 Å². The molecule has 3 aromatic rings. The van der Waals surface area contributed by atoms with Crippen LogP contribution in [0.1, 0.15) is 12.0 Å². The summed E-state index contributed by atoms with van der Waals surface area (Å²) >= 11 is 9.24. The first-order chi connectivity index (χ1) is 14.9. The number of amides is 1. The number of hydrogen-bond donors (Lipinski definition) is 1. The Balaban J connectivity index is 1.67. The van der Waals surface area contributed by atoms with E-state index in [-0.39, 0.29) is 17.3 Å². The van der Waals surface area contributed by atoms with Crippen LogP contribution in [-0.2, 0) is 21.2 Å². The average molecular weight is 522 g/mol. The summed E-state index contributed by atoms with van der Waals surface area (Å²) in [5.41, 5.74) is 1.55. The van der Waals surface area contributed by atoms with Crippen LogP contribution in [-0.4, -0.2) is 27.4 Å². The largest absolute Gasteiger partial charge is 0.355 e. The molecule has 162 valence electrons. The summed E-state index contributed by atoms with van der Waals surface area (Å²) in [7, 11) is -3.90. The summed E-state index contributed by atoms with van der Waals surface area (Å²) in [6.07, 6.45) is 1.52. The zero-order valence-corrected chi connectivity index (χ0v) is 19.8. The van der Waals surface area contributed by atoms with Gasteiger partial charge in [0.25, 0.3) is 10.0 Å². The van der Waals surface area contributed by atoms with Crippen molar-refractivity contribution in [1.82, 2.24) is 5.32 Å². The molecule has 0 heterocycles. The summed E-state index contributed by atoms with van der Waals surface area (Å²) in [5.74, 6) is -0.362. The molecule has 31 heavy (non-hydrogen) atoms. The van der Waals surface area contributed by atoms with Crippen molar-refractivity contribution >= 4 is 49.1 Å². The van der Waals surface area contributed by atoms with Crippen molar-refractivity contribution in [2.75, 3.05) is 17.4 Å². The number of benzene rings is 3. The molecule has 1 amide bonds. The maximum absolute atomic E-state index is 13.2. The Labute approximate surface area is 196 Å². The molecule has 3 aromatic carbocycles. The number of aryl methyl sites for hydroxylation is 1. The minimum Gasteiger partial charge on any atom is -0.355 e. The first kappa shape index (κ1) is 23.3. The number of halogens is 2. The molecule has 0 spiro atoms. The summed E-state index contributed by atoms with van der Waals surface area (Å²) in [6.45, 7) is 0.140. The second kappa shape index (κ2) is 10.8. The molecule has 8 heteroatoms. The number of hydrogen-bond acceptors (Lipinski definition) is 3. The summed E-state index contributed by atoms with van der Waals surface area (Å²) in [5, 5.41) is 3.50. The molecule has 0 aliphatic rings. The fourth-order valence-corrected chi connectivity index (χ4v) is 4.83. The van der Waals surface area contributed by atoms with Gasteiger partial charge in [0.15, 0.2) is 0 Å². The monoisotopic (exact) mass is 520 g/mol. The lowest BCUT2D eigenvalue weighted by molar-refractivity contribution is -0.119. The lowest BCUT2D eigenvalue weighted by Crippen LogP contribution is -2.41. The van der Waals surface area contributed by atoms with Crippen molar-refractivity contribution in [2.45, 2.75) is 17.7 Å². The van der Waals surface area contributed by atoms with Crippen LogP contribution in [0.2, 0.25) is 5.02 Å². The fraction of sp³-hybridized carbons (Fsp3) is 0.174. The predicted octanol–water partition coefficient (Wildman–Crippen LogP) is 5.05. The molecule has 0 radical (unpaired) electrons. The van der Waals surface area contributed by atoms with Gasteiger partial charge in [0.2, 0.25) is 5.91 Å². The Morgan fingerprint density at radius 2 is 1.58 bits per heavy atom. The Morgan fingerprint density at radius 1 is 0.935 bits per heavy atom. The lowest BCUT2D eigenvalue weighted by Gasteiger charge is -2.24. The second-order valence-electron chi connectivity index (χ2n) is 6.88. The van der Waals surface area contributed by atoms with E-state index in [1.165, 1.54) is 12.1 Å². The molecule has 0 saturated carbocycles. The second-order valence-corrected chi connectivity index (χ2v) is 10.1. The summed E-state index contributed by atoms with van der Waals surface area (Å²) in [4.78, 5) is 12.7. The van der Waals surface area contributed by atoms with E-state index in [9.17, 15) is 13.2 Å². The molecular formula is C23H22BrClN2O3S. The van der Waals surface area contributed by atoms with E-state index in [2.05, 4.69) is 21.2 Å². The summed E-state index contributed by atoms with van der Waals surface area (Å²) < 4.78 is 28.4. The Morgan fingerprint density at radius 3 is 2.23 bits per heavy atom. The van der Waals surface area contributed by atoms with E-state index in [0.29, 0.717) is 17.3 Å². The molecule has 0 aliphatic carbocycles. The molecule has 0 fully saturated rings. The molecule has 3 rings (SSSR count). The predicted molar refractivity (Wildman–Crippen MR) is 128 cm³/mol. The van der Waals surface area contributed by atoms with Gasteiger partial charge in [-0.15, -0.1) is 0 Å². The molecular weight excluding hydrogens is 500 g/mol. The van der Waals surface area contributed by atoms with Crippen LogP contribution in [0, 0.1) is 0 Å². The van der Waals surface area contributed by atoms with Crippen LogP contribution in [0.15, 0.2) is 88.2 Å². The standard InChI is InChI=1S/C23H22BrClN2O3S/c24-19-10-14-21(15-11-19)27(31(29,30)22-6-2-1-3-7-22)17-23(28)26-16-4-5-18-8-12-20(25)13-9-18/h1-3,6-15H,4-5,16-17H2,(H,26,28). The molecule has 0 aromatic heterocycles. The fourth-order valence-electron chi connectivity index (χ4n) is 3.00. The quantitative estimate of drug-likeness (QED) is 0.401. The maximum Gasteiger partial charge on any atom is 0.264 e. The van der Waals surface area contributed by atoms with Gasteiger partial charge in [-0.1, -0.05) is 57.9 Å². The smallest absolute Gasteiger partial charge is 0.264 e. The van der Waals surface area contributed by atoms with Crippen LogP contribution < -0.4 is 9.62 Å². The van der Waals surface area contributed by atoms with Gasteiger partial charge in [0, 0.05) is 16.0 Å². The molecule has 0 unspecified atom stereocenters. The molecule has 1 N–H and O–H groups in total. The zero-order valence-electron chi connectivity index (χ0n) is 16.7. The Hall–Kier alpha value is -2.35. The topological polar surface area (TPSA) is 66.5 Å².